The summed E-state index contributed by atoms with van der Waals surface area (Å²) in [6.07, 6.45) is 7.35. The van der Waals surface area contributed by atoms with E-state index in [2.05, 4.69) is 44.9 Å². The van der Waals surface area contributed by atoms with E-state index in [9.17, 15) is 4.79 Å². The fourth-order valence-corrected chi connectivity index (χ4v) is 3.13. The van der Waals surface area contributed by atoms with Crippen molar-refractivity contribution in [1.29, 1.82) is 0 Å². The molecule has 5 heteroatoms. The van der Waals surface area contributed by atoms with Crippen LogP contribution in [0.4, 0.5) is 5.95 Å². The van der Waals surface area contributed by atoms with Crippen molar-refractivity contribution >= 4 is 11.9 Å². The molecule has 120 valence electrons. The number of nitrogens with one attached hydrogen (secondary N) is 2. The number of benzene rings is 1. The van der Waals surface area contributed by atoms with Gasteiger partial charge in [0.1, 0.15) is 0 Å². The van der Waals surface area contributed by atoms with E-state index in [0.29, 0.717) is 31.4 Å². The highest BCUT2D eigenvalue weighted by Gasteiger charge is 2.21. The number of aryl methyl sites for hydroxylation is 1. The molecule has 0 spiro atoms. The maximum absolute atomic E-state index is 12.2. The monoisotopic (exact) mass is 310 g/mol. The number of carbonyl (C=O) groups excluding carboxylic acids is 1. The molecule has 1 amide bonds. The fourth-order valence-electron chi connectivity index (χ4n) is 3.13. The van der Waals surface area contributed by atoms with Crippen LogP contribution in [-0.4, -0.2) is 29.0 Å². The summed E-state index contributed by atoms with van der Waals surface area (Å²) in [6, 6.07) is 10.3. The molecule has 0 saturated heterocycles. The normalized spacial score (nSPS) is 16.4. The van der Waals surface area contributed by atoms with Crippen LogP contribution in [0, 0.1) is 0 Å². The lowest BCUT2D eigenvalue weighted by Crippen LogP contribution is -2.30. The van der Waals surface area contributed by atoms with Gasteiger partial charge < -0.3 is 10.6 Å². The van der Waals surface area contributed by atoms with Crippen molar-refractivity contribution in [2.45, 2.75) is 31.6 Å². The summed E-state index contributed by atoms with van der Waals surface area (Å²) in [6.45, 7) is 1.20. The Morgan fingerprint density at radius 2 is 1.96 bits per heavy atom. The van der Waals surface area contributed by atoms with Crippen LogP contribution < -0.4 is 10.6 Å². The van der Waals surface area contributed by atoms with Crippen molar-refractivity contribution in [3.63, 3.8) is 0 Å². The number of nitrogens with zero attached hydrogens (tertiary/aromatic N) is 2. The fraction of sp³-hybridized carbons (Fsp3) is 0.389. The lowest BCUT2D eigenvalue weighted by Gasteiger charge is -2.25. The standard InChI is InChI=1S/C18H22N4O/c23-17(19-11-12-22-18-20-9-4-10-21-18)13-15-7-3-6-14-5-1-2-8-16(14)15/h1-2,4-5,8-10,15H,3,6-7,11-13H2,(H,19,23)(H,20,21,22). The summed E-state index contributed by atoms with van der Waals surface area (Å²) in [5.74, 6) is 1.05. The van der Waals surface area contributed by atoms with Gasteiger partial charge >= 0.3 is 0 Å². The summed E-state index contributed by atoms with van der Waals surface area (Å²) < 4.78 is 0. The third kappa shape index (κ3) is 4.28. The van der Waals surface area contributed by atoms with Crippen molar-refractivity contribution in [1.82, 2.24) is 15.3 Å². The minimum atomic E-state index is 0.113. The number of rotatable bonds is 6. The molecule has 2 N–H and O–H groups in total. The molecule has 23 heavy (non-hydrogen) atoms. The third-order valence-corrected chi connectivity index (χ3v) is 4.22. The summed E-state index contributed by atoms with van der Waals surface area (Å²) >= 11 is 0. The molecule has 1 heterocycles. The molecule has 0 bridgehead atoms. The Kier molecular flexibility index (Phi) is 5.19. The second-order valence-electron chi connectivity index (χ2n) is 5.84. The topological polar surface area (TPSA) is 66.9 Å². The predicted molar refractivity (Wildman–Crippen MR) is 90.3 cm³/mol. The van der Waals surface area contributed by atoms with E-state index < -0.39 is 0 Å². The Hall–Kier alpha value is -2.43. The van der Waals surface area contributed by atoms with Crippen LogP contribution in [0.15, 0.2) is 42.7 Å². The number of anilines is 1. The van der Waals surface area contributed by atoms with Gasteiger partial charge in [0, 0.05) is 31.9 Å². The molecule has 0 aliphatic heterocycles. The van der Waals surface area contributed by atoms with Crippen LogP contribution in [0.2, 0.25) is 0 Å². The highest BCUT2D eigenvalue weighted by molar-refractivity contribution is 5.77. The first-order valence-electron chi connectivity index (χ1n) is 8.18. The van der Waals surface area contributed by atoms with Crippen LogP contribution in [-0.2, 0) is 11.2 Å². The van der Waals surface area contributed by atoms with Gasteiger partial charge in [-0.3, -0.25) is 4.79 Å². The molecular weight excluding hydrogens is 288 g/mol. The quantitative estimate of drug-likeness (QED) is 0.805. The lowest BCUT2D eigenvalue weighted by molar-refractivity contribution is -0.121. The van der Waals surface area contributed by atoms with Gasteiger partial charge in [0.2, 0.25) is 11.9 Å². The molecule has 5 nitrogen and oxygen atoms in total. The number of fused-ring (bicyclic) bond motifs is 1. The van der Waals surface area contributed by atoms with E-state index in [1.165, 1.54) is 17.5 Å². The van der Waals surface area contributed by atoms with Crippen LogP contribution in [0.5, 0.6) is 0 Å². The SMILES string of the molecule is O=C(CC1CCCc2ccccc21)NCCNc1ncccn1. The number of carbonyl (C=O) groups is 1. The summed E-state index contributed by atoms with van der Waals surface area (Å²) in [5, 5.41) is 6.06. The maximum Gasteiger partial charge on any atom is 0.222 e. The molecule has 1 aliphatic rings. The molecule has 3 rings (SSSR count). The van der Waals surface area contributed by atoms with Crippen LogP contribution >= 0.6 is 0 Å². The zero-order valence-corrected chi connectivity index (χ0v) is 13.2. The number of hydrogen-bond donors (Lipinski definition) is 2. The van der Waals surface area contributed by atoms with E-state index >= 15 is 0 Å². The Morgan fingerprint density at radius 1 is 1.13 bits per heavy atom. The molecule has 1 aliphatic carbocycles. The van der Waals surface area contributed by atoms with Gasteiger partial charge in [0.15, 0.2) is 0 Å². The van der Waals surface area contributed by atoms with E-state index in [0.717, 1.165) is 12.8 Å². The molecule has 0 fully saturated rings. The molecule has 1 unspecified atom stereocenters. The number of amides is 1. The zero-order chi connectivity index (χ0) is 15.9. The largest absolute Gasteiger partial charge is 0.354 e. The maximum atomic E-state index is 12.2. The summed E-state index contributed by atoms with van der Waals surface area (Å²) in [4.78, 5) is 20.3. The van der Waals surface area contributed by atoms with Crippen molar-refractivity contribution < 1.29 is 4.79 Å². The van der Waals surface area contributed by atoms with Crippen molar-refractivity contribution in [3.05, 3.63) is 53.9 Å². The minimum Gasteiger partial charge on any atom is -0.354 e. The second-order valence-corrected chi connectivity index (χ2v) is 5.84. The average molecular weight is 310 g/mol. The van der Waals surface area contributed by atoms with E-state index in [4.69, 9.17) is 0 Å². The van der Waals surface area contributed by atoms with Crippen LogP contribution in [0.25, 0.3) is 0 Å². The van der Waals surface area contributed by atoms with E-state index in [1.54, 1.807) is 18.5 Å². The van der Waals surface area contributed by atoms with Gasteiger partial charge in [-0.05, 0) is 42.4 Å². The molecule has 1 aromatic carbocycles. The lowest BCUT2D eigenvalue weighted by atomic mass is 9.81. The molecule has 2 aromatic rings. The van der Waals surface area contributed by atoms with Gasteiger partial charge in [-0.1, -0.05) is 24.3 Å². The van der Waals surface area contributed by atoms with Crippen LogP contribution in [0.3, 0.4) is 0 Å². The van der Waals surface area contributed by atoms with Crippen molar-refractivity contribution in [2.24, 2.45) is 0 Å². The number of hydrogen-bond acceptors (Lipinski definition) is 4. The molecule has 0 radical (unpaired) electrons. The van der Waals surface area contributed by atoms with Crippen molar-refractivity contribution in [2.75, 3.05) is 18.4 Å². The molecule has 0 saturated carbocycles. The predicted octanol–water partition coefficient (Wildman–Crippen LogP) is 2.51. The second kappa shape index (κ2) is 7.72. The molecule has 1 atom stereocenters. The first-order valence-corrected chi connectivity index (χ1v) is 8.18. The van der Waals surface area contributed by atoms with Gasteiger partial charge in [-0.25, -0.2) is 9.97 Å². The van der Waals surface area contributed by atoms with Gasteiger partial charge in [0.05, 0.1) is 0 Å². The minimum absolute atomic E-state index is 0.113. The average Bonchev–Trinajstić information content (AvgIpc) is 2.60. The van der Waals surface area contributed by atoms with Gasteiger partial charge in [-0.2, -0.15) is 0 Å². The molecule has 1 aromatic heterocycles. The van der Waals surface area contributed by atoms with E-state index in [-0.39, 0.29) is 5.91 Å². The highest BCUT2D eigenvalue weighted by atomic mass is 16.1. The van der Waals surface area contributed by atoms with Crippen molar-refractivity contribution in [3.8, 4) is 0 Å². The Bertz CT molecular complexity index is 644. The highest BCUT2D eigenvalue weighted by Crippen LogP contribution is 2.33. The van der Waals surface area contributed by atoms with Gasteiger partial charge in [-0.15, -0.1) is 0 Å². The smallest absolute Gasteiger partial charge is 0.222 e. The summed E-state index contributed by atoms with van der Waals surface area (Å²) in [5.41, 5.74) is 2.75. The Balaban J connectivity index is 1.43. The molecular formula is C18H22N4O. The number of aromatic nitrogens is 2. The van der Waals surface area contributed by atoms with Gasteiger partial charge in [0.25, 0.3) is 0 Å². The Morgan fingerprint density at radius 3 is 2.83 bits per heavy atom. The third-order valence-electron chi connectivity index (χ3n) is 4.22. The summed E-state index contributed by atoms with van der Waals surface area (Å²) in [7, 11) is 0. The first kappa shape index (κ1) is 15.5. The Labute approximate surface area is 136 Å². The zero-order valence-electron chi connectivity index (χ0n) is 13.2. The van der Waals surface area contributed by atoms with Crippen LogP contribution in [0.1, 0.15) is 36.3 Å². The van der Waals surface area contributed by atoms with E-state index in [1.807, 2.05) is 0 Å². The first-order chi connectivity index (χ1) is 11.3.